The van der Waals surface area contributed by atoms with E-state index in [4.69, 9.17) is 9.47 Å². The summed E-state index contributed by atoms with van der Waals surface area (Å²) in [4.78, 5) is 0. The third kappa shape index (κ3) is 13.8. The highest BCUT2D eigenvalue weighted by molar-refractivity contribution is 4.87. The van der Waals surface area contributed by atoms with Crippen molar-refractivity contribution in [3.05, 3.63) is 0 Å². The maximum atomic E-state index is 9.92. The van der Waals surface area contributed by atoms with Gasteiger partial charge in [-0.2, -0.15) is 0 Å². The fraction of sp³-hybridized carbons (Fsp3) is 1.00. The highest BCUT2D eigenvalue weighted by Crippen LogP contribution is 2.22. The lowest BCUT2D eigenvalue weighted by Crippen LogP contribution is -2.57. The standard InChI is InChI=1S/C26H52O5/c1-3-4-5-6-7-8-9-10-11-12-13-14-15-16-17-18-19-20-21-30-26-25(29)24(28)23(27)22(2)31-26/h22-29H,3-21H2,1-2H3/t22-,23-,24+,25+,26?/m0/s1. The highest BCUT2D eigenvalue weighted by Gasteiger charge is 2.42. The van der Waals surface area contributed by atoms with E-state index in [1.54, 1.807) is 6.92 Å². The molecular formula is C26H52O5. The lowest BCUT2D eigenvalue weighted by atomic mass is 10.00. The molecular weight excluding hydrogens is 392 g/mol. The Hall–Kier alpha value is -0.200. The summed E-state index contributed by atoms with van der Waals surface area (Å²) in [5.74, 6) is 0. The molecule has 0 aromatic rings. The first kappa shape index (κ1) is 28.8. The Labute approximate surface area is 191 Å². The first-order valence-corrected chi connectivity index (χ1v) is 13.4. The van der Waals surface area contributed by atoms with Crippen molar-refractivity contribution in [2.75, 3.05) is 6.61 Å². The molecule has 0 bridgehead atoms. The van der Waals surface area contributed by atoms with Gasteiger partial charge in [0.15, 0.2) is 6.29 Å². The number of rotatable bonds is 20. The molecule has 0 radical (unpaired) electrons. The third-order valence-electron chi connectivity index (χ3n) is 6.59. The van der Waals surface area contributed by atoms with E-state index < -0.39 is 30.7 Å². The van der Waals surface area contributed by atoms with Crippen molar-refractivity contribution in [2.24, 2.45) is 0 Å². The molecule has 1 fully saturated rings. The van der Waals surface area contributed by atoms with Gasteiger partial charge in [-0.15, -0.1) is 0 Å². The van der Waals surface area contributed by atoms with Gasteiger partial charge in [0.05, 0.1) is 6.10 Å². The molecule has 0 spiro atoms. The average molecular weight is 445 g/mol. The molecule has 1 aliphatic heterocycles. The first-order valence-electron chi connectivity index (χ1n) is 13.4. The van der Waals surface area contributed by atoms with Gasteiger partial charge in [0, 0.05) is 6.61 Å². The normalized spacial score (nSPS) is 26.4. The molecule has 0 amide bonds. The van der Waals surface area contributed by atoms with Crippen molar-refractivity contribution in [1.82, 2.24) is 0 Å². The molecule has 5 nitrogen and oxygen atoms in total. The second-order valence-corrected chi connectivity index (χ2v) is 9.56. The van der Waals surface area contributed by atoms with Crippen molar-refractivity contribution < 1.29 is 24.8 Å². The second-order valence-electron chi connectivity index (χ2n) is 9.56. The molecule has 31 heavy (non-hydrogen) atoms. The third-order valence-corrected chi connectivity index (χ3v) is 6.59. The summed E-state index contributed by atoms with van der Waals surface area (Å²) in [6.07, 6.45) is 19.3. The second kappa shape index (κ2) is 19.3. The SMILES string of the molecule is CCCCCCCCCCCCCCCCCCCCOC1O[C@@H](C)[C@H](O)[C@@H](O)[C@H]1O. The number of unbranched alkanes of at least 4 members (excludes halogenated alkanes) is 17. The van der Waals surface area contributed by atoms with E-state index in [0.29, 0.717) is 6.61 Å². The molecule has 1 heterocycles. The number of hydrogen-bond acceptors (Lipinski definition) is 5. The van der Waals surface area contributed by atoms with Gasteiger partial charge in [0.1, 0.15) is 18.3 Å². The quantitative estimate of drug-likeness (QED) is 0.205. The van der Waals surface area contributed by atoms with Crippen LogP contribution in [-0.2, 0) is 9.47 Å². The molecule has 5 heteroatoms. The summed E-state index contributed by atoms with van der Waals surface area (Å²) >= 11 is 0. The van der Waals surface area contributed by atoms with E-state index in [1.807, 2.05) is 0 Å². The van der Waals surface area contributed by atoms with Crippen LogP contribution in [0.1, 0.15) is 129 Å². The van der Waals surface area contributed by atoms with E-state index in [2.05, 4.69) is 6.92 Å². The number of aliphatic hydroxyl groups is 3. The monoisotopic (exact) mass is 444 g/mol. The zero-order valence-electron chi connectivity index (χ0n) is 20.5. The van der Waals surface area contributed by atoms with Gasteiger partial charge < -0.3 is 24.8 Å². The van der Waals surface area contributed by atoms with Crippen LogP contribution in [0, 0.1) is 0 Å². The Morgan fingerprint density at radius 3 is 1.35 bits per heavy atom. The molecule has 1 saturated heterocycles. The Bertz CT molecular complexity index is 392. The molecule has 0 aromatic carbocycles. The Balaban J connectivity index is 1.78. The van der Waals surface area contributed by atoms with E-state index in [9.17, 15) is 15.3 Å². The van der Waals surface area contributed by atoms with Gasteiger partial charge in [-0.25, -0.2) is 0 Å². The minimum atomic E-state index is -1.21. The van der Waals surface area contributed by atoms with Crippen LogP contribution in [0.15, 0.2) is 0 Å². The van der Waals surface area contributed by atoms with Crippen molar-refractivity contribution in [1.29, 1.82) is 0 Å². The van der Waals surface area contributed by atoms with E-state index in [1.165, 1.54) is 103 Å². The largest absolute Gasteiger partial charge is 0.388 e. The number of aliphatic hydroxyl groups excluding tert-OH is 3. The highest BCUT2D eigenvalue weighted by atomic mass is 16.7. The molecule has 1 aliphatic rings. The molecule has 5 atom stereocenters. The van der Waals surface area contributed by atoms with Crippen LogP contribution in [0.3, 0.4) is 0 Å². The van der Waals surface area contributed by atoms with Crippen molar-refractivity contribution in [2.45, 2.75) is 160 Å². The summed E-state index contributed by atoms with van der Waals surface area (Å²) < 4.78 is 11.0. The Morgan fingerprint density at radius 1 is 0.548 bits per heavy atom. The van der Waals surface area contributed by atoms with Gasteiger partial charge in [-0.3, -0.25) is 0 Å². The molecule has 0 saturated carbocycles. The topological polar surface area (TPSA) is 79.2 Å². The van der Waals surface area contributed by atoms with Gasteiger partial charge >= 0.3 is 0 Å². The molecule has 0 aromatic heterocycles. The van der Waals surface area contributed by atoms with Crippen LogP contribution in [0.4, 0.5) is 0 Å². The van der Waals surface area contributed by atoms with Crippen molar-refractivity contribution in [3.63, 3.8) is 0 Å². The smallest absolute Gasteiger partial charge is 0.186 e. The zero-order valence-corrected chi connectivity index (χ0v) is 20.5. The van der Waals surface area contributed by atoms with Crippen molar-refractivity contribution in [3.8, 4) is 0 Å². The van der Waals surface area contributed by atoms with Crippen LogP contribution >= 0.6 is 0 Å². The average Bonchev–Trinajstić information content (AvgIpc) is 2.77. The molecule has 1 unspecified atom stereocenters. The maximum absolute atomic E-state index is 9.92. The number of ether oxygens (including phenoxy) is 2. The van der Waals surface area contributed by atoms with Gasteiger partial charge in [0.25, 0.3) is 0 Å². The lowest BCUT2D eigenvalue weighted by molar-refractivity contribution is -0.293. The summed E-state index contributed by atoms with van der Waals surface area (Å²) in [7, 11) is 0. The van der Waals surface area contributed by atoms with Crippen LogP contribution in [0.25, 0.3) is 0 Å². The van der Waals surface area contributed by atoms with E-state index in [-0.39, 0.29) is 0 Å². The summed E-state index contributed by atoms with van der Waals surface area (Å²) in [5, 5.41) is 29.4. The summed E-state index contributed by atoms with van der Waals surface area (Å²) in [6, 6.07) is 0. The predicted octanol–water partition coefficient (Wildman–Crippen LogP) is 5.87. The molecule has 3 N–H and O–H groups in total. The van der Waals surface area contributed by atoms with Crippen LogP contribution in [0.5, 0.6) is 0 Å². The lowest BCUT2D eigenvalue weighted by Gasteiger charge is -2.38. The minimum absolute atomic E-state index is 0.510. The maximum Gasteiger partial charge on any atom is 0.186 e. The Morgan fingerprint density at radius 2 is 0.935 bits per heavy atom. The zero-order chi connectivity index (χ0) is 22.7. The number of hydrogen-bond donors (Lipinski definition) is 3. The molecule has 186 valence electrons. The van der Waals surface area contributed by atoms with Crippen LogP contribution < -0.4 is 0 Å². The fourth-order valence-electron chi connectivity index (χ4n) is 4.35. The van der Waals surface area contributed by atoms with Crippen LogP contribution in [0.2, 0.25) is 0 Å². The van der Waals surface area contributed by atoms with E-state index >= 15 is 0 Å². The predicted molar refractivity (Wildman–Crippen MR) is 127 cm³/mol. The van der Waals surface area contributed by atoms with Crippen molar-refractivity contribution >= 4 is 0 Å². The van der Waals surface area contributed by atoms with Gasteiger partial charge in [-0.1, -0.05) is 116 Å². The fourth-order valence-corrected chi connectivity index (χ4v) is 4.35. The molecule has 0 aliphatic carbocycles. The van der Waals surface area contributed by atoms with Gasteiger partial charge in [-0.05, 0) is 13.3 Å². The first-order chi connectivity index (χ1) is 15.1. The summed E-state index contributed by atoms with van der Waals surface area (Å²) in [5.41, 5.74) is 0. The van der Waals surface area contributed by atoms with Crippen LogP contribution in [-0.4, -0.2) is 52.6 Å². The summed E-state index contributed by atoms with van der Waals surface area (Å²) in [6.45, 7) is 4.46. The minimum Gasteiger partial charge on any atom is -0.388 e. The van der Waals surface area contributed by atoms with E-state index in [0.717, 1.165) is 12.8 Å². The molecule has 1 rings (SSSR count). The van der Waals surface area contributed by atoms with Gasteiger partial charge in [0.2, 0.25) is 0 Å². The Kier molecular flexibility index (Phi) is 17.9.